The van der Waals surface area contributed by atoms with Crippen molar-refractivity contribution in [2.75, 3.05) is 20.8 Å². The number of carbonyl (C=O) groups excluding carboxylic acids is 2. The van der Waals surface area contributed by atoms with Gasteiger partial charge in [-0.1, -0.05) is 46.1 Å². The number of hydrogen-bond donors (Lipinski definition) is 0. The molecule has 0 aromatic carbocycles. The molecule has 140 valence electrons. The molecule has 0 aliphatic heterocycles. The SMILES string of the molecule is COC(=O)/C(=C\[Si](C)(C)C)C(CO[Si](C)(C)C(C)(C)C)C(=O)OC. The first-order chi connectivity index (χ1) is 10.7. The lowest BCUT2D eigenvalue weighted by Crippen LogP contribution is -2.43. The molecule has 0 bridgehead atoms. The number of hydrogen-bond acceptors (Lipinski definition) is 5. The van der Waals surface area contributed by atoms with E-state index in [0.717, 1.165) is 0 Å². The molecule has 0 aliphatic carbocycles. The summed E-state index contributed by atoms with van der Waals surface area (Å²) in [6.45, 7) is 17.0. The maximum absolute atomic E-state index is 12.3. The van der Waals surface area contributed by atoms with Crippen LogP contribution in [0.4, 0.5) is 0 Å². The van der Waals surface area contributed by atoms with Gasteiger partial charge in [-0.2, -0.15) is 0 Å². The third kappa shape index (κ3) is 6.90. The van der Waals surface area contributed by atoms with Crippen LogP contribution < -0.4 is 0 Å². The quantitative estimate of drug-likeness (QED) is 0.385. The lowest BCUT2D eigenvalue weighted by molar-refractivity contribution is -0.148. The van der Waals surface area contributed by atoms with Gasteiger partial charge >= 0.3 is 11.9 Å². The predicted octanol–water partition coefficient (Wildman–Crippen LogP) is 3.77. The molecule has 1 unspecified atom stereocenters. The average molecular weight is 375 g/mol. The summed E-state index contributed by atoms with van der Waals surface area (Å²) in [5, 5.41) is 0.0155. The van der Waals surface area contributed by atoms with Crippen LogP contribution in [0.2, 0.25) is 37.8 Å². The Labute approximate surface area is 148 Å². The smallest absolute Gasteiger partial charge is 0.333 e. The van der Waals surface area contributed by atoms with Gasteiger partial charge in [0.1, 0.15) is 5.92 Å². The summed E-state index contributed by atoms with van der Waals surface area (Å²) in [6, 6.07) is 0. The highest BCUT2D eigenvalue weighted by Gasteiger charge is 2.40. The summed E-state index contributed by atoms with van der Waals surface area (Å²) in [5.41, 5.74) is 2.25. The lowest BCUT2D eigenvalue weighted by Gasteiger charge is -2.37. The second-order valence-electron chi connectivity index (χ2n) is 8.60. The molecular weight excluding hydrogens is 340 g/mol. The van der Waals surface area contributed by atoms with Crippen LogP contribution in [0.15, 0.2) is 11.3 Å². The minimum Gasteiger partial charge on any atom is -0.468 e. The van der Waals surface area contributed by atoms with Gasteiger partial charge in [-0.05, 0) is 18.1 Å². The number of rotatable bonds is 7. The van der Waals surface area contributed by atoms with Crippen molar-refractivity contribution < 1.29 is 23.5 Å². The van der Waals surface area contributed by atoms with E-state index < -0.39 is 34.2 Å². The topological polar surface area (TPSA) is 61.8 Å². The van der Waals surface area contributed by atoms with Crippen LogP contribution in [0.5, 0.6) is 0 Å². The Bertz CT molecular complexity index is 484. The molecule has 0 saturated carbocycles. The van der Waals surface area contributed by atoms with E-state index in [2.05, 4.69) is 53.5 Å². The largest absolute Gasteiger partial charge is 0.468 e. The van der Waals surface area contributed by atoms with Gasteiger partial charge in [0.05, 0.1) is 28.9 Å². The summed E-state index contributed by atoms with van der Waals surface area (Å²) < 4.78 is 16.0. The van der Waals surface area contributed by atoms with Gasteiger partial charge in [-0.15, -0.1) is 0 Å². The Hall–Kier alpha value is -0.926. The molecule has 7 heteroatoms. The van der Waals surface area contributed by atoms with Gasteiger partial charge in [0.2, 0.25) is 0 Å². The highest BCUT2D eigenvalue weighted by Crippen LogP contribution is 2.37. The molecule has 0 saturated heterocycles. The molecule has 0 rings (SSSR count). The van der Waals surface area contributed by atoms with Gasteiger partial charge in [-0.3, -0.25) is 4.79 Å². The minimum atomic E-state index is -2.05. The number of ether oxygens (including phenoxy) is 2. The Morgan fingerprint density at radius 3 is 1.83 bits per heavy atom. The number of esters is 2. The molecule has 0 radical (unpaired) electrons. The highest BCUT2D eigenvalue weighted by molar-refractivity contribution is 6.81. The van der Waals surface area contributed by atoms with Crippen molar-refractivity contribution in [1.29, 1.82) is 0 Å². The molecule has 0 N–H and O–H groups in total. The van der Waals surface area contributed by atoms with Crippen LogP contribution >= 0.6 is 0 Å². The van der Waals surface area contributed by atoms with Crippen LogP contribution in [0.3, 0.4) is 0 Å². The van der Waals surface area contributed by atoms with Crippen LogP contribution in [0.25, 0.3) is 0 Å². The van der Waals surface area contributed by atoms with Gasteiger partial charge in [0, 0.05) is 5.57 Å². The molecular formula is C17H34O5Si2. The van der Waals surface area contributed by atoms with E-state index in [0.29, 0.717) is 5.57 Å². The van der Waals surface area contributed by atoms with Crippen molar-refractivity contribution in [2.24, 2.45) is 5.92 Å². The predicted molar refractivity (Wildman–Crippen MR) is 102 cm³/mol. The van der Waals surface area contributed by atoms with E-state index in [4.69, 9.17) is 13.9 Å². The molecule has 5 nitrogen and oxygen atoms in total. The Kier molecular flexibility index (Phi) is 8.12. The molecule has 0 aliphatic rings. The number of methoxy groups -OCH3 is 2. The third-order valence-corrected chi connectivity index (χ3v) is 9.97. The molecule has 1 atom stereocenters. The van der Waals surface area contributed by atoms with Crippen LogP contribution in [-0.4, -0.2) is 49.2 Å². The second kappa shape index (κ2) is 8.44. The minimum absolute atomic E-state index is 0.0155. The van der Waals surface area contributed by atoms with E-state index in [1.54, 1.807) is 0 Å². The molecule has 0 fully saturated rings. The van der Waals surface area contributed by atoms with Crippen molar-refractivity contribution in [3.8, 4) is 0 Å². The zero-order valence-corrected chi connectivity index (χ0v) is 18.9. The zero-order chi connectivity index (χ0) is 19.3. The standard InChI is InChI=1S/C17H34O5Si2/c1-17(2,3)24(9,10)22-11-13(15(18)20-4)14(16(19)21-5)12-23(6,7)8/h12-13H,11H2,1-10H3/b14-12-. The summed E-state index contributed by atoms with van der Waals surface area (Å²) in [6.07, 6.45) is 0. The fourth-order valence-electron chi connectivity index (χ4n) is 1.82. The van der Waals surface area contributed by atoms with Gasteiger partial charge in [-0.25, -0.2) is 4.79 Å². The van der Waals surface area contributed by atoms with E-state index in [1.807, 2.05) is 5.70 Å². The van der Waals surface area contributed by atoms with E-state index in [9.17, 15) is 9.59 Å². The van der Waals surface area contributed by atoms with E-state index >= 15 is 0 Å². The fourth-order valence-corrected chi connectivity index (χ4v) is 4.09. The first-order valence-corrected chi connectivity index (χ1v) is 14.7. The zero-order valence-electron chi connectivity index (χ0n) is 16.9. The first-order valence-electron chi connectivity index (χ1n) is 8.19. The van der Waals surface area contributed by atoms with Gasteiger partial charge in [0.25, 0.3) is 0 Å². The maximum Gasteiger partial charge on any atom is 0.333 e. The maximum atomic E-state index is 12.3. The second-order valence-corrected chi connectivity index (χ2v) is 18.4. The third-order valence-electron chi connectivity index (χ3n) is 4.29. The summed E-state index contributed by atoms with van der Waals surface area (Å²) >= 11 is 0. The first kappa shape index (κ1) is 23.1. The van der Waals surface area contributed by atoms with Crippen LogP contribution in [0, 0.1) is 5.92 Å². The molecule has 0 amide bonds. The Balaban J connectivity index is 5.71. The van der Waals surface area contributed by atoms with Crippen molar-refractivity contribution in [2.45, 2.75) is 58.5 Å². The molecule has 0 aromatic heterocycles. The summed E-state index contributed by atoms with van der Waals surface area (Å²) in [7, 11) is -1.15. The van der Waals surface area contributed by atoms with Crippen molar-refractivity contribution >= 4 is 28.3 Å². The normalized spacial score (nSPS) is 15.0. The van der Waals surface area contributed by atoms with Crippen molar-refractivity contribution in [3.05, 3.63) is 11.3 Å². The molecule has 24 heavy (non-hydrogen) atoms. The monoisotopic (exact) mass is 374 g/mol. The summed E-state index contributed by atoms with van der Waals surface area (Å²) in [5.74, 6) is -1.72. The molecule has 0 spiro atoms. The lowest BCUT2D eigenvalue weighted by atomic mass is 10.0. The molecule has 0 aromatic rings. The van der Waals surface area contributed by atoms with Crippen molar-refractivity contribution in [1.82, 2.24) is 0 Å². The van der Waals surface area contributed by atoms with Gasteiger partial charge < -0.3 is 13.9 Å². The van der Waals surface area contributed by atoms with E-state index in [1.165, 1.54) is 14.2 Å². The Morgan fingerprint density at radius 2 is 1.50 bits per heavy atom. The Morgan fingerprint density at radius 1 is 1.00 bits per heavy atom. The van der Waals surface area contributed by atoms with Crippen LogP contribution in [0.1, 0.15) is 20.8 Å². The number of carbonyl (C=O) groups is 2. The van der Waals surface area contributed by atoms with E-state index in [-0.39, 0.29) is 11.6 Å². The summed E-state index contributed by atoms with van der Waals surface area (Å²) in [4.78, 5) is 24.6. The van der Waals surface area contributed by atoms with Gasteiger partial charge in [0.15, 0.2) is 8.32 Å². The fraction of sp³-hybridized carbons (Fsp3) is 0.765. The van der Waals surface area contributed by atoms with Crippen LogP contribution in [-0.2, 0) is 23.5 Å². The average Bonchev–Trinajstić information content (AvgIpc) is 2.42. The highest BCUT2D eigenvalue weighted by atomic mass is 28.4. The molecule has 0 heterocycles. The van der Waals surface area contributed by atoms with Crippen molar-refractivity contribution in [3.63, 3.8) is 0 Å².